The minimum atomic E-state index is -0.322. The van der Waals surface area contributed by atoms with Gasteiger partial charge in [0.05, 0.1) is 6.61 Å². The highest BCUT2D eigenvalue weighted by Gasteiger charge is 2.15. The molecule has 0 unspecified atom stereocenters. The molecule has 0 bridgehead atoms. The number of nitrogens with one attached hydrogen (secondary N) is 1. The number of imidazole rings is 1. The highest BCUT2D eigenvalue weighted by atomic mass is 16.5. The second-order valence-corrected chi connectivity index (χ2v) is 5.45. The first-order valence-corrected chi connectivity index (χ1v) is 7.76. The Hall–Kier alpha value is -3.02. The first-order valence-electron chi connectivity index (χ1n) is 7.76. The lowest BCUT2D eigenvalue weighted by atomic mass is 10.1. The Morgan fingerprint density at radius 1 is 1.25 bits per heavy atom. The van der Waals surface area contributed by atoms with Crippen molar-refractivity contribution in [2.75, 3.05) is 18.5 Å². The summed E-state index contributed by atoms with van der Waals surface area (Å²) >= 11 is 0. The molecule has 2 N–H and O–H groups in total. The van der Waals surface area contributed by atoms with Crippen molar-refractivity contribution in [2.45, 2.75) is 13.8 Å². The predicted molar refractivity (Wildman–Crippen MR) is 92.2 cm³/mol. The topological polar surface area (TPSA) is 75.9 Å². The Balaban J connectivity index is 2.05. The second kappa shape index (κ2) is 6.62. The fourth-order valence-electron chi connectivity index (χ4n) is 2.51. The zero-order valence-corrected chi connectivity index (χ0v) is 13.6. The molecule has 0 saturated heterocycles. The number of phenols is 1. The Labute approximate surface area is 139 Å². The summed E-state index contributed by atoms with van der Waals surface area (Å²) in [6.45, 7) is 4.17. The normalized spacial score (nSPS) is 10.8. The summed E-state index contributed by atoms with van der Waals surface area (Å²) in [5, 5.41) is 12.6. The van der Waals surface area contributed by atoms with Gasteiger partial charge in [0.2, 0.25) is 0 Å². The van der Waals surface area contributed by atoms with Crippen molar-refractivity contribution in [3.63, 3.8) is 0 Å². The van der Waals surface area contributed by atoms with Crippen LogP contribution in [0.15, 0.2) is 42.6 Å². The quantitative estimate of drug-likeness (QED) is 0.705. The number of aromatic nitrogens is 2. The summed E-state index contributed by atoms with van der Waals surface area (Å²) in [4.78, 5) is 16.3. The van der Waals surface area contributed by atoms with Gasteiger partial charge in [-0.1, -0.05) is 6.07 Å². The van der Waals surface area contributed by atoms with Crippen LogP contribution in [-0.2, 0) is 9.53 Å². The third-order valence-corrected chi connectivity index (χ3v) is 3.61. The lowest BCUT2D eigenvalue weighted by Crippen LogP contribution is -2.17. The molecule has 0 spiro atoms. The van der Waals surface area contributed by atoms with Crippen molar-refractivity contribution in [3.05, 3.63) is 48.2 Å². The maximum Gasteiger partial charge on any atom is 0.325 e. The Morgan fingerprint density at radius 2 is 2.00 bits per heavy atom. The molecule has 6 nitrogen and oxygen atoms in total. The SMILES string of the molecule is CCOC(=O)CNc1c(-c2ccc(O)cc2)nc2ccc(C)cn12. The number of pyridine rings is 1. The number of aryl methyl sites for hydroxylation is 1. The number of carbonyl (C=O) groups excluding carboxylic acids is 1. The van der Waals surface area contributed by atoms with E-state index in [4.69, 9.17) is 4.74 Å². The predicted octanol–water partition coefficient (Wildman–Crippen LogP) is 2.99. The lowest BCUT2D eigenvalue weighted by Gasteiger charge is -2.09. The molecule has 0 atom stereocenters. The molecule has 6 heteroatoms. The van der Waals surface area contributed by atoms with Gasteiger partial charge in [-0.3, -0.25) is 9.20 Å². The van der Waals surface area contributed by atoms with Gasteiger partial charge in [0.1, 0.15) is 29.5 Å². The molecule has 2 aromatic heterocycles. The van der Waals surface area contributed by atoms with Crippen molar-refractivity contribution in [3.8, 4) is 17.0 Å². The van der Waals surface area contributed by atoms with Crippen LogP contribution in [0.2, 0.25) is 0 Å². The van der Waals surface area contributed by atoms with Crippen molar-refractivity contribution >= 4 is 17.4 Å². The van der Waals surface area contributed by atoms with Gasteiger partial charge in [-0.15, -0.1) is 0 Å². The van der Waals surface area contributed by atoms with Gasteiger partial charge in [-0.25, -0.2) is 4.98 Å². The van der Waals surface area contributed by atoms with Crippen LogP contribution in [0.4, 0.5) is 5.82 Å². The Morgan fingerprint density at radius 3 is 2.71 bits per heavy atom. The highest BCUT2D eigenvalue weighted by molar-refractivity contribution is 5.81. The zero-order chi connectivity index (χ0) is 17.1. The number of rotatable bonds is 5. The molecule has 3 rings (SSSR count). The Kier molecular flexibility index (Phi) is 4.37. The van der Waals surface area contributed by atoms with Crippen LogP contribution in [0.25, 0.3) is 16.9 Å². The molecule has 24 heavy (non-hydrogen) atoms. The number of fused-ring (bicyclic) bond motifs is 1. The summed E-state index contributed by atoms with van der Waals surface area (Å²) in [6, 6.07) is 10.7. The third-order valence-electron chi connectivity index (χ3n) is 3.61. The van der Waals surface area contributed by atoms with Gasteiger partial charge in [-0.05, 0) is 49.7 Å². The van der Waals surface area contributed by atoms with Gasteiger partial charge in [0.25, 0.3) is 0 Å². The van der Waals surface area contributed by atoms with Crippen molar-refractivity contribution in [1.29, 1.82) is 0 Å². The van der Waals surface area contributed by atoms with Crippen molar-refractivity contribution in [1.82, 2.24) is 9.38 Å². The first kappa shape index (κ1) is 15.9. The Bertz CT molecular complexity index is 869. The summed E-state index contributed by atoms with van der Waals surface area (Å²) < 4.78 is 6.89. The van der Waals surface area contributed by atoms with E-state index in [9.17, 15) is 9.90 Å². The zero-order valence-electron chi connectivity index (χ0n) is 13.6. The minimum Gasteiger partial charge on any atom is -0.508 e. The van der Waals surface area contributed by atoms with E-state index in [1.807, 2.05) is 29.7 Å². The van der Waals surface area contributed by atoms with E-state index in [-0.39, 0.29) is 18.3 Å². The van der Waals surface area contributed by atoms with Crippen LogP contribution < -0.4 is 5.32 Å². The summed E-state index contributed by atoms with van der Waals surface area (Å²) in [5.41, 5.74) is 3.41. The van der Waals surface area contributed by atoms with Crippen molar-refractivity contribution in [2.24, 2.45) is 0 Å². The maximum absolute atomic E-state index is 11.7. The molecular formula is C18H19N3O3. The van der Waals surface area contributed by atoms with Gasteiger partial charge in [-0.2, -0.15) is 0 Å². The molecule has 0 aliphatic carbocycles. The molecule has 0 aliphatic heterocycles. The molecule has 1 aromatic carbocycles. The minimum absolute atomic E-state index is 0.0562. The number of ether oxygens (including phenoxy) is 1. The van der Waals surface area contributed by atoms with E-state index in [0.29, 0.717) is 18.1 Å². The average molecular weight is 325 g/mol. The first-order chi connectivity index (χ1) is 11.6. The number of carbonyl (C=O) groups is 1. The molecule has 0 amide bonds. The average Bonchev–Trinajstić information content (AvgIpc) is 2.91. The molecule has 0 saturated carbocycles. The van der Waals surface area contributed by atoms with Crippen molar-refractivity contribution < 1.29 is 14.6 Å². The van der Waals surface area contributed by atoms with Gasteiger partial charge in [0.15, 0.2) is 0 Å². The summed E-state index contributed by atoms with van der Waals surface area (Å²) in [7, 11) is 0. The number of anilines is 1. The number of aromatic hydroxyl groups is 1. The molecule has 0 radical (unpaired) electrons. The van der Waals surface area contributed by atoms with E-state index < -0.39 is 0 Å². The summed E-state index contributed by atoms with van der Waals surface area (Å²) in [6.07, 6.45) is 1.96. The smallest absolute Gasteiger partial charge is 0.325 e. The monoisotopic (exact) mass is 325 g/mol. The fraction of sp³-hybridized carbons (Fsp3) is 0.222. The van der Waals surface area contributed by atoms with Crippen LogP contribution in [0, 0.1) is 6.92 Å². The van der Waals surface area contributed by atoms with Gasteiger partial charge >= 0.3 is 5.97 Å². The van der Waals surface area contributed by atoms with E-state index in [0.717, 1.165) is 16.8 Å². The van der Waals surface area contributed by atoms with Gasteiger partial charge in [0, 0.05) is 11.8 Å². The molecule has 2 heterocycles. The fourth-order valence-corrected chi connectivity index (χ4v) is 2.51. The summed E-state index contributed by atoms with van der Waals surface area (Å²) in [5.74, 6) is 0.587. The maximum atomic E-state index is 11.7. The van der Waals surface area contributed by atoms with Crippen LogP contribution >= 0.6 is 0 Å². The van der Waals surface area contributed by atoms with E-state index >= 15 is 0 Å². The molecule has 0 fully saturated rings. The van der Waals surface area contributed by atoms with Gasteiger partial charge < -0.3 is 15.2 Å². The number of nitrogens with zero attached hydrogens (tertiary/aromatic N) is 2. The standard InChI is InChI=1S/C18H19N3O3/c1-3-24-16(23)10-19-18-17(13-5-7-14(22)8-6-13)20-15-9-4-12(2)11-21(15)18/h4-9,11,19,22H,3,10H2,1-2H3. The molecule has 124 valence electrons. The molecule has 3 aromatic rings. The lowest BCUT2D eigenvalue weighted by molar-refractivity contribution is -0.140. The number of benzene rings is 1. The number of phenolic OH excluding ortho intramolecular Hbond substituents is 1. The van der Waals surface area contributed by atoms with Crippen LogP contribution in [0.5, 0.6) is 5.75 Å². The number of hydrogen-bond acceptors (Lipinski definition) is 5. The van der Waals surface area contributed by atoms with E-state index in [1.165, 1.54) is 0 Å². The number of hydrogen-bond donors (Lipinski definition) is 2. The highest BCUT2D eigenvalue weighted by Crippen LogP contribution is 2.30. The number of esters is 1. The van der Waals surface area contributed by atoms with Crippen LogP contribution in [-0.4, -0.2) is 33.6 Å². The van der Waals surface area contributed by atoms with Crippen LogP contribution in [0.1, 0.15) is 12.5 Å². The second-order valence-electron chi connectivity index (χ2n) is 5.45. The van der Waals surface area contributed by atoms with E-state index in [2.05, 4.69) is 10.3 Å². The largest absolute Gasteiger partial charge is 0.508 e. The van der Waals surface area contributed by atoms with Crippen LogP contribution in [0.3, 0.4) is 0 Å². The molecular weight excluding hydrogens is 306 g/mol. The third kappa shape index (κ3) is 3.17. The molecule has 0 aliphatic rings. The van der Waals surface area contributed by atoms with E-state index in [1.54, 1.807) is 31.2 Å².